The number of rotatable bonds is 4. The number of hydrogen-bond donors (Lipinski definition) is 1. The lowest BCUT2D eigenvalue weighted by atomic mass is 10.2. The first-order chi connectivity index (χ1) is 12.1. The van der Waals surface area contributed by atoms with Gasteiger partial charge in [-0.1, -0.05) is 0 Å². The van der Waals surface area contributed by atoms with Crippen molar-refractivity contribution in [1.29, 1.82) is 0 Å². The number of hydrogen-bond acceptors (Lipinski definition) is 5. The zero-order chi connectivity index (χ0) is 17.4. The van der Waals surface area contributed by atoms with Crippen molar-refractivity contribution < 1.29 is 14.7 Å². The number of carboxylic acid groups (broad SMARTS) is 1. The van der Waals surface area contributed by atoms with Gasteiger partial charge in [0.25, 0.3) is 5.91 Å². The Hall–Kier alpha value is -2.68. The highest BCUT2D eigenvalue weighted by Gasteiger charge is 2.23. The summed E-state index contributed by atoms with van der Waals surface area (Å²) in [7, 11) is 0. The molecule has 0 atom stereocenters. The molecule has 0 saturated heterocycles. The minimum absolute atomic E-state index is 0.0600. The van der Waals surface area contributed by atoms with Gasteiger partial charge in [-0.3, -0.25) is 18.7 Å². The van der Waals surface area contributed by atoms with E-state index in [1.54, 1.807) is 11.1 Å². The van der Waals surface area contributed by atoms with Crippen molar-refractivity contribution in [2.24, 2.45) is 0 Å². The van der Waals surface area contributed by atoms with Crippen molar-refractivity contribution in [2.75, 3.05) is 6.54 Å². The highest BCUT2D eigenvalue weighted by molar-refractivity contribution is 7.15. The van der Waals surface area contributed by atoms with E-state index in [2.05, 4.69) is 10.1 Å². The maximum Gasteiger partial charge on any atom is 0.303 e. The van der Waals surface area contributed by atoms with Gasteiger partial charge in [0.05, 0.1) is 24.4 Å². The lowest BCUT2D eigenvalue weighted by Crippen LogP contribution is -2.31. The Morgan fingerprint density at radius 3 is 3.00 bits per heavy atom. The molecule has 0 aromatic carbocycles. The molecule has 0 radical (unpaired) electrons. The quantitative estimate of drug-likeness (QED) is 0.765. The van der Waals surface area contributed by atoms with Crippen molar-refractivity contribution in [3.63, 3.8) is 0 Å². The Bertz CT molecular complexity index is 912. The van der Waals surface area contributed by atoms with Gasteiger partial charge < -0.3 is 10.0 Å². The molecule has 0 spiro atoms. The van der Waals surface area contributed by atoms with E-state index in [0.717, 1.165) is 29.3 Å². The van der Waals surface area contributed by atoms with Crippen LogP contribution in [-0.2, 0) is 24.3 Å². The maximum atomic E-state index is 12.8. The average Bonchev–Trinajstić information content (AvgIpc) is 3.23. The molecule has 0 aliphatic carbocycles. The fourth-order valence-corrected chi connectivity index (χ4v) is 3.74. The summed E-state index contributed by atoms with van der Waals surface area (Å²) < 4.78 is 3.74. The molecule has 1 N–H and O–H groups in total. The lowest BCUT2D eigenvalue weighted by molar-refractivity contribution is -0.136. The molecular weight excluding hydrogens is 342 g/mol. The topological polar surface area (TPSA) is 92.7 Å². The Kier molecular flexibility index (Phi) is 4.00. The molecule has 0 unspecified atom stereocenters. The van der Waals surface area contributed by atoms with E-state index in [1.807, 2.05) is 26.7 Å². The Labute approximate surface area is 147 Å². The van der Waals surface area contributed by atoms with E-state index in [0.29, 0.717) is 25.2 Å². The van der Waals surface area contributed by atoms with Gasteiger partial charge in [0.15, 0.2) is 4.96 Å². The highest BCUT2D eigenvalue weighted by Crippen LogP contribution is 2.18. The molecule has 0 saturated carbocycles. The number of carboxylic acids is 1. The highest BCUT2D eigenvalue weighted by atomic mass is 32.1. The first-order valence-electron chi connectivity index (χ1n) is 8.09. The predicted molar refractivity (Wildman–Crippen MR) is 90.6 cm³/mol. The Morgan fingerprint density at radius 2 is 2.20 bits per heavy atom. The lowest BCUT2D eigenvalue weighted by Gasteiger charge is -2.18. The fourth-order valence-electron chi connectivity index (χ4n) is 3.04. The summed E-state index contributed by atoms with van der Waals surface area (Å²) >= 11 is 1.50. The molecule has 8 nitrogen and oxygen atoms in total. The van der Waals surface area contributed by atoms with Crippen molar-refractivity contribution in [1.82, 2.24) is 24.1 Å². The van der Waals surface area contributed by atoms with Gasteiger partial charge in [0, 0.05) is 37.3 Å². The van der Waals surface area contributed by atoms with Crippen LogP contribution in [0.4, 0.5) is 0 Å². The van der Waals surface area contributed by atoms with E-state index < -0.39 is 5.97 Å². The molecule has 4 rings (SSSR count). The number of carbonyl (C=O) groups is 2. The van der Waals surface area contributed by atoms with Crippen LogP contribution in [0.3, 0.4) is 0 Å². The minimum atomic E-state index is -0.834. The maximum absolute atomic E-state index is 12.8. The first kappa shape index (κ1) is 15.8. The van der Waals surface area contributed by atoms with Crippen molar-refractivity contribution in [3.8, 4) is 0 Å². The van der Waals surface area contributed by atoms with Gasteiger partial charge in [0.2, 0.25) is 0 Å². The average molecular weight is 359 g/mol. The van der Waals surface area contributed by atoms with Gasteiger partial charge >= 0.3 is 5.97 Å². The molecule has 3 aromatic heterocycles. The zero-order valence-corrected chi connectivity index (χ0v) is 14.3. The van der Waals surface area contributed by atoms with Gasteiger partial charge in [-0.2, -0.15) is 5.10 Å². The summed E-state index contributed by atoms with van der Waals surface area (Å²) in [6.07, 6.45) is 4.91. The van der Waals surface area contributed by atoms with Crippen molar-refractivity contribution in [3.05, 3.63) is 40.9 Å². The standard InChI is InChI=1S/C16H17N5O3S/c22-14(23)3-2-11-8-12-9-19(4-1-5-21(12)18-11)15(24)13-10-20-6-7-25-16(20)17-13/h6-8,10H,1-5,9H2,(H,22,23). The molecule has 0 bridgehead atoms. The second-order valence-electron chi connectivity index (χ2n) is 6.04. The molecule has 9 heteroatoms. The van der Waals surface area contributed by atoms with E-state index in [1.165, 1.54) is 11.3 Å². The van der Waals surface area contributed by atoms with Crippen LogP contribution < -0.4 is 0 Å². The van der Waals surface area contributed by atoms with Gasteiger partial charge in [-0.25, -0.2) is 4.98 Å². The molecule has 130 valence electrons. The zero-order valence-electron chi connectivity index (χ0n) is 13.5. The number of fused-ring (bicyclic) bond motifs is 2. The number of aryl methyl sites for hydroxylation is 2. The number of imidazole rings is 1. The molecule has 3 aromatic rings. The summed E-state index contributed by atoms with van der Waals surface area (Å²) in [5, 5.41) is 15.2. The van der Waals surface area contributed by atoms with Crippen LogP contribution in [0.15, 0.2) is 23.8 Å². The van der Waals surface area contributed by atoms with Crippen LogP contribution in [0.25, 0.3) is 4.96 Å². The monoisotopic (exact) mass is 359 g/mol. The Morgan fingerprint density at radius 1 is 1.32 bits per heavy atom. The number of aliphatic carboxylic acids is 1. The summed E-state index contributed by atoms with van der Waals surface area (Å²) in [4.78, 5) is 30.5. The van der Waals surface area contributed by atoms with Crippen LogP contribution in [0, 0.1) is 0 Å². The van der Waals surface area contributed by atoms with Gasteiger partial charge in [-0.15, -0.1) is 11.3 Å². The van der Waals surface area contributed by atoms with Crippen LogP contribution in [0.2, 0.25) is 0 Å². The molecular formula is C16H17N5O3S. The molecule has 1 amide bonds. The van der Waals surface area contributed by atoms with E-state index >= 15 is 0 Å². The molecule has 0 fully saturated rings. The van der Waals surface area contributed by atoms with Crippen LogP contribution in [0.5, 0.6) is 0 Å². The van der Waals surface area contributed by atoms with Gasteiger partial charge in [-0.05, 0) is 12.5 Å². The number of carbonyl (C=O) groups excluding carboxylic acids is 1. The summed E-state index contributed by atoms with van der Waals surface area (Å²) in [6, 6.07) is 1.90. The molecule has 1 aliphatic heterocycles. The third-order valence-corrected chi connectivity index (χ3v) is 5.03. The van der Waals surface area contributed by atoms with Crippen LogP contribution in [0.1, 0.15) is 34.7 Å². The molecule has 4 heterocycles. The smallest absolute Gasteiger partial charge is 0.303 e. The SMILES string of the molecule is O=C(O)CCc1cc2n(n1)CCCN(C(=O)c1cn3ccsc3n1)C2. The predicted octanol–water partition coefficient (Wildman–Crippen LogP) is 1.66. The number of aromatic nitrogens is 4. The summed E-state index contributed by atoms with van der Waals surface area (Å²) in [6.45, 7) is 1.84. The van der Waals surface area contributed by atoms with Crippen molar-refractivity contribution >= 4 is 28.2 Å². The third kappa shape index (κ3) is 3.14. The molecule has 1 aliphatic rings. The van der Waals surface area contributed by atoms with Crippen molar-refractivity contribution in [2.45, 2.75) is 32.4 Å². The minimum Gasteiger partial charge on any atom is -0.481 e. The normalized spacial score (nSPS) is 14.5. The van der Waals surface area contributed by atoms with Crippen LogP contribution in [-0.4, -0.2) is 47.6 Å². The molecule has 25 heavy (non-hydrogen) atoms. The third-order valence-electron chi connectivity index (χ3n) is 4.26. The Balaban J connectivity index is 1.53. The first-order valence-corrected chi connectivity index (χ1v) is 8.97. The number of nitrogens with zero attached hydrogens (tertiary/aromatic N) is 5. The summed E-state index contributed by atoms with van der Waals surface area (Å²) in [5.74, 6) is -0.919. The largest absolute Gasteiger partial charge is 0.481 e. The van der Waals surface area contributed by atoms with Gasteiger partial charge in [0.1, 0.15) is 5.69 Å². The van der Waals surface area contributed by atoms with Crippen LogP contribution >= 0.6 is 11.3 Å². The second-order valence-corrected chi connectivity index (χ2v) is 6.92. The summed E-state index contributed by atoms with van der Waals surface area (Å²) in [5.41, 5.74) is 2.15. The second kappa shape index (κ2) is 6.32. The van der Waals surface area contributed by atoms with E-state index in [9.17, 15) is 9.59 Å². The van der Waals surface area contributed by atoms with E-state index in [-0.39, 0.29) is 12.3 Å². The van der Waals surface area contributed by atoms with E-state index in [4.69, 9.17) is 5.11 Å². The fraction of sp³-hybridized carbons (Fsp3) is 0.375. The number of thiazole rings is 1. The number of amides is 1.